The Morgan fingerprint density at radius 3 is 2.36 bits per heavy atom. The van der Waals surface area contributed by atoms with Gasteiger partial charge in [-0.3, -0.25) is 23.7 Å². The lowest BCUT2D eigenvalue weighted by molar-refractivity contribution is -0.151. The van der Waals surface area contributed by atoms with Crippen molar-refractivity contribution in [2.45, 2.75) is 82.0 Å². The number of rotatable bonds is 13. The molecule has 0 radical (unpaired) electrons. The summed E-state index contributed by atoms with van der Waals surface area (Å²) in [6.07, 6.45) is 2.85. The zero-order valence-electron chi connectivity index (χ0n) is 34.1. The maximum absolute atomic E-state index is 15.3. The number of hydrogen-bond donors (Lipinski definition) is 1. The van der Waals surface area contributed by atoms with E-state index >= 15 is 4.79 Å². The van der Waals surface area contributed by atoms with Crippen LogP contribution < -0.4 is 25.1 Å². The van der Waals surface area contributed by atoms with Gasteiger partial charge in [0.2, 0.25) is 5.91 Å². The number of methoxy groups -OCH3 is 3. The summed E-state index contributed by atoms with van der Waals surface area (Å²) in [5, 5.41) is 11.7. The standard InChI is InChI=1S/C45H53N3O9Si/c1-29-42(58(5,6)35-19-17-34(54-2)18-20-35)39(26-40(50)48-27-31-13-8-7-12-30(31)24-33(48)28-49)57-45(29)36-25-32(46-23-11-14-38(55-3)43(46)52)16-21-37(36)47(44(45)53)22-10-9-15-41(51)56-4/h7-8,11-14,16-21,23,25,29,33,39,42,49H,9-10,15,22,24,26-28H2,1-6H3/t29-,33+,39+,42-,45+/m1/s1. The first-order valence-corrected chi connectivity index (χ1v) is 23.1. The number of unbranched alkanes of at least 4 members (excludes halogenated alkanes) is 1. The molecule has 4 aromatic rings. The lowest BCUT2D eigenvalue weighted by Gasteiger charge is -2.39. The summed E-state index contributed by atoms with van der Waals surface area (Å²) in [7, 11) is 1.83. The molecule has 0 bridgehead atoms. The normalized spacial score (nSPS) is 22.5. The third-order valence-corrected chi connectivity index (χ3v) is 17.1. The van der Waals surface area contributed by atoms with E-state index in [0.29, 0.717) is 49.3 Å². The number of hydrogen-bond acceptors (Lipinski definition) is 9. The average Bonchev–Trinajstić information content (AvgIpc) is 3.66. The first kappa shape index (κ1) is 40.9. The lowest BCUT2D eigenvalue weighted by atomic mass is 9.82. The van der Waals surface area contributed by atoms with Gasteiger partial charge in [-0.1, -0.05) is 61.6 Å². The highest BCUT2D eigenvalue weighted by atomic mass is 28.3. The van der Waals surface area contributed by atoms with E-state index in [-0.39, 0.29) is 54.1 Å². The molecular weight excluding hydrogens is 755 g/mol. The number of esters is 1. The molecule has 0 saturated carbocycles. The highest BCUT2D eigenvalue weighted by molar-refractivity contribution is 6.91. The number of carbonyl (C=O) groups excluding carboxylic acids is 3. The van der Waals surface area contributed by atoms with Gasteiger partial charge < -0.3 is 33.9 Å². The van der Waals surface area contributed by atoms with Crippen LogP contribution in [0.2, 0.25) is 18.6 Å². The van der Waals surface area contributed by atoms with E-state index in [4.69, 9.17) is 18.9 Å². The van der Waals surface area contributed by atoms with Crippen molar-refractivity contribution in [1.82, 2.24) is 9.47 Å². The zero-order valence-corrected chi connectivity index (χ0v) is 35.1. The summed E-state index contributed by atoms with van der Waals surface area (Å²) in [6, 6.07) is 24.5. The van der Waals surface area contributed by atoms with E-state index in [1.807, 2.05) is 54.6 Å². The molecule has 3 aliphatic rings. The number of anilines is 1. The Labute approximate surface area is 340 Å². The number of nitrogens with zero attached hydrogens (tertiary/aromatic N) is 3. The Bertz CT molecular complexity index is 2240. The van der Waals surface area contributed by atoms with Gasteiger partial charge in [0.25, 0.3) is 11.5 Å². The number of aromatic nitrogens is 1. The van der Waals surface area contributed by atoms with Gasteiger partial charge in [0.15, 0.2) is 11.4 Å². The monoisotopic (exact) mass is 807 g/mol. The minimum absolute atomic E-state index is 0.0127. The summed E-state index contributed by atoms with van der Waals surface area (Å²) >= 11 is 0. The molecule has 5 atom stereocenters. The maximum Gasteiger partial charge on any atom is 0.305 e. The first-order valence-electron chi connectivity index (χ1n) is 20.0. The average molecular weight is 808 g/mol. The minimum atomic E-state index is -2.62. The van der Waals surface area contributed by atoms with Crippen molar-refractivity contribution < 1.29 is 38.4 Å². The highest BCUT2D eigenvalue weighted by Crippen LogP contribution is 2.60. The third kappa shape index (κ3) is 7.13. The Hall–Kier alpha value is -5.24. The first-order chi connectivity index (χ1) is 27.9. The maximum atomic E-state index is 15.3. The van der Waals surface area contributed by atoms with Gasteiger partial charge in [-0.2, -0.15) is 0 Å². The molecule has 0 unspecified atom stereocenters. The van der Waals surface area contributed by atoms with Crippen LogP contribution in [0.3, 0.4) is 0 Å². The summed E-state index contributed by atoms with van der Waals surface area (Å²) < 4.78 is 24.5. The molecule has 58 heavy (non-hydrogen) atoms. The van der Waals surface area contributed by atoms with Crippen LogP contribution in [-0.4, -0.2) is 87.1 Å². The summed E-state index contributed by atoms with van der Waals surface area (Å²) in [5.41, 5.74) is 1.93. The van der Waals surface area contributed by atoms with Crippen molar-refractivity contribution in [2.24, 2.45) is 5.92 Å². The second-order valence-electron chi connectivity index (χ2n) is 16.1. The number of carbonyl (C=O) groups is 3. The number of aliphatic hydroxyl groups is 1. The van der Waals surface area contributed by atoms with Gasteiger partial charge in [0.1, 0.15) is 5.75 Å². The van der Waals surface area contributed by atoms with E-state index in [0.717, 1.165) is 22.1 Å². The molecule has 306 valence electrons. The second-order valence-corrected chi connectivity index (χ2v) is 20.8. The van der Waals surface area contributed by atoms with Crippen molar-refractivity contribution in [1.29, 1.82) is 0 Å². The van der Waals surface area contributed by atoms with Crippen LogP contribution in [-0.2, 0) is 42.4 Å². The Kier molecular flexibility index (Phi) is 11.7. The molecule has 4 heterocycles. The fourth-order valence-corrected chi connectivity index (χ4v) is 13.7. The summed E-state index contributed by atoms with van der Waals surface area (Å²) in [5.74, 6) is -0.187. The van der Waals surface area contributed by atoms with Crippen molar-refractivity contribution in [2.75, 3.05) is 39.4 Å². The van der Waals surface area contributed by atoms with Crippen molar-refractivity contribution in [3.05, 3.63) is 112 Å². The molecule has 2 amide bonds. The molecule has 7 rings (SSSR count). The van der Waals surface area contributed by atoms with E-state index in [2.05, 4.69) is 32.2 Å². The van der Waals surface area contributed by atoms with Gasteiger partial charge in [-0.05, 0) is 78.4 Å². The molecule has 3 aromatic carbocycles. The molecule has 13 heteroatoms. The van der Waals surface area contributed by atoms with Crippen LogP contribution in [0.15, 0.2) is 89.9 Å². The predicted octanol–water partition coefficient (Wildman–Crippen LogP) is 5.10. The number of amides is 2. The van der Waals surface area contributed by atoms with E-state index in [9.17, 15) is 19.5 Å². The van der Waals surface area contributed by atoms with Crippen LogP contribution in [0, 0.1) is 5.92 Å². The van der Waals surface area contributed by atoms with Crippen LogP contribution >= 0.6 is 0 Å². The fraction of sp³-hybridized carbons (Fsp3) is 0.422. The molecule has 12 nitrogen and oxygen atoms in total. The highest BCUT2D eigenvalue weighted by Gasteiger charge is 2.66. The molecule has 1 saturated heterocycles. The number of pyridine rings is 1. The third-order valence-electron chi connectivity index (χ3n) is 12.7. The summed E-state index contributed by atoms with van der Waals surface area (Å²) in [4.78, 5) is 59.0. The largest absolute Gasteiger partial charge is 0.497 e. The van der Waals surface area contributed by atoms with Gasteiger partial charge in [0.05, 0.1) is 60.3 Å². The Balaban J connectivity index is 1.34. The molecule has 1 N–H and O–H groups in total. The van der Waals surface area contributed by atoms with E-state index < -0.39 is 31.7 Å². The van der Waals surface area contributed by atoms with E-state index in [1.165, 1.54) is 18.8 Å². The molecule has 1 fully saturated rings. The Morgan fingerprint density at radius 1 is 0.931 bits per heavy atom. The Morgan fingerprint density at radius 2 is 1.67 bits per heavy atom. The fourth-order valence-electron chi connectivity index (χ4n) is 9.68. The molecule has 1 aromatic heterocycles. The van der Waals surface area contributed by atoms with Gasteiger partial charge in [-0.15, -0.1) is 0 Å². The molecule has 3 aliphatic heterocycles. The van der Waals surface area contributed by atoms with Crippen LogP contribution in [0.25, 0.3) is 5.69 Å². The van der Waals surface area contributed by atoms with Crippen molar-refractivity contribution >= 4 is 36.7 Å². The zero-order chi connectivity index (χ0) is 41.4. The van der Waals surface area contributed by atoms with Gasteiger partial charge in [0, 0.05) is 42.9 Å². The van der Waals surface area contributed by atoms with Crippen LogP contribution in [0.5, 0.6) is 11.5 Å². The number of benzene rings is 3. The van der Waals surface area contributed by atoms with Gasteiger partial charge >= 0.3 is 5.97 Å². The predicted molar refractivity (Wildman–Crippen MR) is 223 cm³/mol. The number of fused-ring (bicyclic) bond motifs is 3. The molecule has 0 aliphatic carbocycles. The van der Waals surface area contributed by atoms with E-state index in [1.54, 1.807) is 35.2 Å². The number of aliphatic hydroxyl groups excluding tert-OH is 1. The SMILES string of the molecule is COC(=O)CCCCN1C(=O)[C@@]2(O[C@@H](CC(=O)N3Cc4ccccc4C[C@H]3CO)[C@H]([Si](C)(C)c3ccc(OC)cc3)[C@H]2C)c2cc(-n3cccc(OC)c3=O)ccc21. The smallest absolute Gasteiger partial charge is 0.305 e. The van der Waals surface area contributed by atoms with Gasteiger partial charge in [-0.25, -0.2) is 0 Å². The van der Waals surface area contributed by atoms with Crippen molar-refractivity contribution in [3.8, 4) is 17.2 Å². The molecular formula is C45H53N3O9Si. The lowest BCUT2D eigenvalue weighted by Crippen LogP contribution is -2.52. The quantitative estimate of drug-likeness (QED) is 0.111. The molecule has 1 spiro atoms. The number of ether oxygens (including phenoxy) is 4. The van der Waals surface area contributed by atoms with Crippen LogP contribution in [0.4, 0.5) is 5.69 Å². The van der Waals surface area contributed by atoms with Crippen molar-refractivity contribution in [3.63, 3.8) is 0 Å². The summed E-state index contributed by atoms with van der Waals surface area (Å²) in [6.45, 7) is 7.12. The van der Waals surface area contributed by atoms with Crippen LogP contribution in [0.1, 0.15) is 49.3 Å². The second kappa shape index (κ2) is 16.6. The minimum Gasteiger partial charge on any atom is -0.497 e. The topological polar surface area (TPSA) is 137 Å².